The second-order valence-corrected chi connectivity index (χ2v) is 5.53. The average molecular weight is 233 g/mol. The van der Waals surface area contributed by atoms with Crippen LogP contribution in [0.5, 0.6) is 0 Å². The van der Waals surface area contributed by atoms with Gasteiger partial charge in [0, 0.05) is 17.1 Å². The molecule has 14 heavy (non-hydrogen) atoms. The molecule has 1 aromatic rings. The minimum absolute atomic E-state index is 0.0338. The topological polar surface area (TPSA) is 51.2 Å². The highest BCUT2D eigenvalue weighted by atomic mass is 35.7. The Morgan fingerprint density at radius 1 is 1.29 bits per heavy atom. The Kier molecular flexibility index (Phi) is 3.29. The zero-order valence-corrected chi connectivity index (χ0v) is 9.10. The van der Waals surface area contributed by atoms with Crippen molar-refractivity contribution in [3.8, 4) is 0 Å². The first kappa shape index (κ1) is 11.2. The normalized spacial score (nSPS) is 11.3. The van der Waals surface area contributed by atoms with Crippen LogP contribution in [0.25, 0.3) is 0 Å². The maximum absolute atomic E-state index is 10.9. The summed E-state index contributed by atoms with van der Waals surface area (Å²) in [7, 11) is 1.46. The van der Waals surface area contributed by atoms with Crippen LogP contribution in [0.2, 0.25) is 0 Å². The van der Waals surface area contributed by atoms with E-state index in [1.54, 1.807) is 12.1 Å². The lowest BCUT2D eigenvalue weighted by molar-refractivity contribution is -0.116. The van der Waals surface area contributed by atoms with Gasteiger partial charge in [0.15, 0.2) is 0 Å². The molecule has 0 radical (unpaired) electrons. The molecule has 3 nitrogen and oxygen atoms in total. The second-order valence-electron chi connectivity index (χ2n) is 2.96. The third kappa shape index (κ3) is 3.12. The molecule has 1 rings (SSSR count). The summed E-state index contributed by atoms with van der Waals surface area (Å²) in [5.41, 5.74) is 0.779. The lowest BCUT2D eigenvalue weighted by atomic mass is 10.1. The van der Waals surface area contributed by atoms with Crippen LogP contribution in [0.15, 0.2) is 29.2 Å². The average Bonchev–Trinajstić information content (AvgIpc) is 2.02. The molecule has 0 aliphatic heterocycles. The van der Waals surface area contributed by atoms with Crippen LogP contribution in [0.4, 0.5) is 0 Å². The van der Waals surface area contributed by atoms with Crippen LogP contribution < -0.4 is 0 Å². The van der Waals surface area contributed by atoms with Crippen molar-refractivity contribution < 1.29 is 13.2 Å². The van der Waals surface area contributed by atoms with Gasteiger partial charge < -0.3 is 0 Å². The van der Waals surface area contributed by atoms with Crippen molar-refractivity contribution in [3.05, 3.63) is 29.8 Å². The van der Waals surface area contributed by atoms with Crippen molar-refractivity contribution in [1.29, 1.82) is 0 Å². The Morgan fingerprint density at radius 2 is 1.79 bits per heavy atom. The Morgan fingerprint density at radius 3 is 2.14 bits per heavy atom. The minimum atomic E-state index is -3.66. The fourth-order valence-corrected chi connectivity index (χ4v) is 1.83. The van der Waals surface area contributed by atoms with Crippen LogP contribution in [0.1, 0.15) is 12.5 Å². The smallest absolute Gasteiger partial charge is 0.261 e. The summed E-state index contributed by atoms with van der Waals surface area (Å²) < 4.78 is 21.7. The summed E-state index contributed by atoms with van der Waals surface area (Å²) >= 11 is 0. The van der Waals surface area contributed by atoms with Crippen LogP contribution >= 0.6 is 10.7 Å². The van der Waals surface area contributed by atoms with E-state index in [-0.39, 0.29) is 10.7 Å². The first-order valence-electron chi connectivity index (χ1n) is 3.92. The van der Waals surface area contributed by atoms with Gasteiger partial charge >= 0.3 is 0 Å². The van der Waals surface area contributed by atoms with E-state index in [9.17, 15) is 13.2 Å². The van der Waals surface area contributed by atoms with Gasteiger partial charge in [-0.25, -0.2) is 8.42 Å². The molecule has 5 heteroatoms. The molecule has 0 fully saturated rings. The number of benzene rings is 1. The van der Waals surface area contributed by atoms with Gasteiger partial charge in [-0.1, -0.05) is 12.1 Å². The Bertz CT molecular complexity index is 434. The fourth-order valence-electron chi connectivity index (χ4n) is 1.06. The lowest BCUT2D eigenvalue weighted by Crippen LogP contribution is -1.97. The Hall–Kier alpha value is -0.870. The predicted octanol–water partition coefficient (Wildman–Crippen LogP) is 1.75. The van der Waals surface area contributed by atoms with E-state index in [1.165, 1.54) is 19.1 Å². The van der Waals surface area contributed by atoms with Crippen LogP contribution in [-0.4, -0.2) is 14.2 Å². The molecule has 0 aromatic heterocycles. The van der Waals surface area contributed by atoms with E-state index in [0.717, 1.165) is 5.56 Å². The number of Topliss-reactive ketones (excluding diaryl/α,β-unsaturated/α-hetero) is 1. The number of hydrogen-bond acceptors (Lipinski definition) is 3. The van der Waals surface area contributed by atoms with E-state index in [2.05, 4.69) is 0 Å². The van der Waals surface area contributed by atoms with Gasteiger partial charge in [-0.3, -0.25) is 4.79 Å². The maximum Gasteiger partial charge on any atom is 0.261 e. The summed E-state index contributed by atoms with van der Waals surface area (Å²) in [6.07, 6.45) is 0.308. The zero-order chi connectivity index (χ0) is 10.8. The number of carbonyl (C=O) groups excluding carboxylic acids is 1. The summed E-state index contributed by atoms with van der Waals surface area (Å²) in [4.78, 5) is 10.8. The van der Waals surface area contributed by atoms with Gasteiger partial charge in [0.2, 0.25) is 0 Å². The summed E-state index contributed by atoms with van der Waals surface area (Å²) in [6.45, 7) is 1.48. The first-order valence-corrected chi connectivity index (χ1v) is 6.23. The molecular weight excluding hydrogens is 224 g/mol. The molecule has 0 bridgehead atoms. The van der Waals surface area contributed by atoms with E-state index >= 15 is 0 Å². The molecule has 0 N–H and O–H groups in total. The molecule has 76 valence electrons. The quantitative estimate of drug-likeness (QED) is 0.746. The highest BCUT2D eigenvalue weighted by Gasteiger charge is 2.08. The molecule has 0 aliphatic rings. The number of halogens is 1. The maximum atomic E-state index is 10.9. The first-order chi connectivity index (χ1) is 6.39. The van der Waals surface area contributed by atoms with Crippen molar-refractivity contribution in [2.45, 2.75) is 18.2 Å². The van der Waals surface area contributed by atoms with Crippen molar-refractivity contribution in [3.63, 3.8) is 0 Å². The predicted molar refractivity (Wildman–Crippen MR) is 53.9 cm³/mol. The van der Waals surface area contributed by atoms with Gasteiger partial charge in [0.05, 0.1) is 4.90 Å². The molecule has 1 aromatic carbocycles. The number of ketones is 1. The Labute approximate surface area is 87.1 Å². The minimum Gasteiger partial charge on any atom is -0.300 e. The van der Waals surface area contributed by atoms with Crippen molar-refractivity contribution >= 4 is 25.5 Å². The number of rotatable bonds is 3. The second kappa shape index (κ2) is 4.11. The molecule has 0 atom stereocenters. The number of hydrogen-bond donors (Lipinski definition) is 0. The highest BCUT2D eigenvalue weighted by molar-refractivity contribution is 8.13. The third-order valence-electron chi connectivity index (χ3n) is 1.66. The van der Waals surface area contributed by atoms with E-state index in [4.69, 9.17) is 10.7 Å². The summed E-state index contributed by atoms with van der Waals surface area (Å²) in [6, 6.07) is 5.94. The van der Waals surface area contributed by atoms with Crippen molar-refractivity contribution in [2.75, 3.05) is 0 Å². The fraction of sp³-hybridized carbons (Fsp3) is 0.222. The van der Waals surface area contributed by atoms with Gasteiger partial charge in [-0.15, -0.1) is 0 Å². The monoisotopic (exact) mass is 232 g/mol. The van der Waals surface area contributed by atoms with Gasteiger partial charge in [0.1, 0.15) is 5.78 Å². The standard InChI is InChI=1S/C9H9ClO3S/c1-7(11)6-8-2-4-9(5-3-8)14(10,12)13/h2-5H,6H2,1H3. The van der Waals surface area contributed by atoms with E-state index < -0.39 is 9.05 Å². The molecule has 0 spiro atoms. The van der Waals surface area contributed by atoms with Crippen LogP contribution in [-0.2, 0) is 20.3 Å². The largest absolute Gasteiger partial charge is 0.300 e. The summed E-state index contributed by atoms with van der Waals surface area (Å²) in [5.74, 6) is 0.0338. The third-order valence-corrected chi connectivity index (χ3v) is 3.03. The van der Waals surface area contributed by atoms with Gasteiger partial charge in [-0.05, 0) is 24.6 Å². The van der Waals surface area contributed by atoms with Gasteiger partial charge in [0.25, 0.3) is 9.05 Å². The van der Waals surface area contributed by atoms with Gasteiger partial charge in [-0.2, -0.15) is 0 Å². The zero-order valence-electron chi connectivity index (χ0n) is 7.53. The summed E-state index contributed by atoms with van der Waals surface area (Å²) in [5, 5.41) is 0. The lowest BCUT2D eigenvalue weighted by Gasteiger charge is -1.99. The van der Waals surface area contributed by atoms with Crippen LogP contribution in [0, 0.1) is 0 Å². The highest BCUT2D eigenvalue weighted by Crippen LogP contribution is 2.15. The molecule has 0 saturated carbocycles. The van der Waals surface area contributed by atoms with Crippen LogP contribution in [0.3, 0.4) is 0 Å². The van der Waals surface area contributed by atoms with E-state index in [0.29, 0.717) is 6.42 Å². The van der Waals surface area contributed by atoms with Crippen molar-refractivity contribution in [2.24, 2.45) is 0 Å². The SMILES string of the molecule is CC(=O)Cc1ccc(S(=O)(=O)Cl)cc1. The van der Waals surface area contributed by atoms with E-state index in [1.807, 2.05) is 0 Å². The molecule has 0 saturated heterocycles. The molecule has 0 heterocycles. The van der Waals surface area contributed by atoms with Crippen molar-refractivity contribution in [1.82, 2.24) is 0 Å². The number of carbonyl (C=O) groups is 1. The Balaban J connectivity index is 2.95. The molecule has 0 aliphatic carbocycles. The molecule has 0 unspecified atom stereocenters. The molecular formula is C9H9ClO3S. The molecule has 0 amide bonds.